The van der Waals surface area contributed by atoms with E-state index in [1.165, 1.54) is 22.7 Å². The zero-order valence-corrected chi connectivity index (χ0v) is 13.1. The fourth-order valence-corrected chi connectivity index (χ4v) is 3.55. The summed E-state index contributed by atoms with van der Waals surface area (Å²) in [4.78, 5) is 11.2. The molecule has 1 unspecified atom stereocenters. The third-order valence-electron chi connectivity index (χ3n) is 2.30. The summed E-state index contributed by atoms with van der Waals surface area (Å²) in [5.41, 5.74) is 5.37. The van der Waals surface area contributed by atoms with E-state index in [2.05, 4.69) is 5.32 Å². The van der Waals surface area contributed by atoms with Crippen LogP contribution in [0.4, 0.5) is 0 Å². The second-order valence-electron chi connectivity index (χ2n) is 3.84. The quantitative estimate of drug-likeness (QED) is 0.783. The minimum absolute atomic E-state index is 0. The Labute approximate surface area is 123 Å². The van der Waals surface area contributed by atoms with Crippen molar-refractivity contribution in [2.24, 2.45) is 5.73 Å². The Morgan fingerprint density at radius 1 is 1.58 bits per heavy atom. The molecule has 6 nitrogen and oxygen atoms in total. The lowest BCUT2D eigenvalue weighted by molar-refractivity contribution is -0.121. The van der Waals surface area contributed by atoms with E-state index in [1.807, 2.05) is 0 Å². The number of hydrogen-bond donors (Lipinski definition) is 2. The molecular formula is C10H18ClN3O3S2. The Kier molecular flexibility index (Phi) is 7.53. The molecule has 0 aromatic carbocycles. The zero-order chi connectivity index (χ0) is 13.8. The van der Waals surface area contributed by atoms with Crippen LogP contribution in [0, 0.1) is 0 Å². The lowest BCUT2D eigenvalue weighted by atomic mass is 10.3. The van der Waals surface area contributed by atoms with Gasteiger partial charge in [0.2, 0.25) is 5.91 Å². The number of hydrogen-bond acceptors (Lipinski definition) is 5. The number of rotatable bonds is 6. The molecule has 1 atom stereocenters. The number of carbonyl (C=O) groups is 1. The van der Waals surface area contributed by atoms with Crippen molar-refractivity contribution in [3.05, 3.63) is 17.5 Å². The summed E-state index contributed by atoms with van der Waals surface area (Å²) in [6.07, 6.45) is 0. The summed E-state index contributed by atoms with van der Waals surface area (Å²) in [5.74, 6) is -0.295. The van der Waals surface area contributed by atoms with Gasteiger partial charge in [-0.05, 0) is 18.4 Å². The number of likely N-dealkylation sites (N-methyl/N-ethyl adjacent to an activating group) is 1. The van der Waals surface area contributed by atoms with Crippen molar-refractivity contribution in [1.82, 2.24) is 9.62 Å². The number of nitrogens with zero attached hydrogens (tertiary/aromatic N) is 1. The van der Waals surface area contributed by atoms with Gasteiger partial charge in [0.25, 0.3) is 10.0 Å². The summed E-state index contributed by atoms with van der Waals surface area (Å²) >= 11 is 1.17. The molecule has 0 saturated carbocycles. The van der Waals surface area contributed by atoms with Crippen LogP contribution in [0.1, 0.15) is 6.92 Å². The molecule has 1 heterocycles. The maximum atomic E-state index is 12.0. The predicted octanol–water partition coefficient (Wildman–Crippen LogP) is 0.254. The van der Waals surface area contributed by atoms with Gasteiger partial charge in [-0.3, -0.25) is 4.79 Å². The van der Waals surface area contributed by atoms with Crippen molar-refractivity contribution in [2.45, 2.75) is 17.2 Å². The molecule has 0 spiro atoms. The number of halogens is 1. The van der Waals surface area contributed by atoms with Crippen LogP contribution in [0.3, 0.4) is 0 Å². The van der Waals surface area contributed by atoms with Gasteiger partial charge in [-0.1, -0.05) is 6.07 Å². The smallest absolute Gasteiger partial charge is 0.252 e. The second-order valence-corrected chi connectivity index (χ2v) is 7.06. The van der Waals surface area contributed by atoms with Crippen LogP contribution in [0.15, 0.2) is 21.7 Å². The molecule has 1 aromatic rings. The normalized spacial score (nSPS) is 12.8. The summed E-state index contributed by atoms with van der Waals surface area (Å²) in [6, 6.07) is 2.64. The number of amides is 1. The maximum Gasteiger partial charge on any atom is 0.252 e. The molecule has 1 aromatic heterocycles. The fraction of sp³-hybridized carbons (Fsp3) is 0.500. The molecule has 0 bridgehead atoms. The number of sulfonamides is 1. The van der Waals surface area contributed by atoms with Crippen LogP contribution in [0.5, 0.6) is 0 Å². The minimum atomic E-state index is -3.44. The summed E-state index contributed by atoms with van der Waals surface area (Å²) in [6.45, 7) is 2.02. The van der Waals surface area contributed by atoms with Gasteiger partial charge in [-0.25, -0.2) is 8.42 Å². The average Bonchev–Trinajstić information content (AvgIpc) is 2.82. The van der Waals surface area contributed by atoms with Crippen LogP contribution in [-0.2, 0) is 14.8 Å². The van der Waals surface area contributed by atoms with Crippen LogP contribution in [0.2, 0.25) is 0 Å². The summed E-state index contributed by atoms with van der Waals surface area (Å²) < 4.78 is 25.5. The van der Waals surface area contributed by atoms with E-state index in [9.17, 15) is 13.2 Å². The SMILES string of the molecule is CC(N)C(=O)NCCN(C)S(=O)(=O)c1cccs1.Cl. The van der Waals surface area contributed by atoms with Crippen molar-refractivity contribution in [1.29, 1.82) is 0 Å². The van der Waals surface area contributed by atoms with Crippen LogP contribution in [0.25, 0.3) is 0 Å². The van der Waals surface area contributed by atoms with Crippen LogP contribution < -0.4 is 11.1 Å². The van der Waals surface area contributed by atoms with Gasteiger partial charge in [-0.2, -0.15) is 4.31 Å². The van der Waals surface area contributed by atoms with Crippen molar-refractivity contribution in [3.8, 4) is 0 Å². The number of carbonyl (C=O) groups excluding carboxylic acids is 1. The molecule has 1 rings (SSSR count). The predicted molar refractivity (Wildman–Crippen MR) is 78.0 cm³/mol. The van der Waals surface area contributed by atoms with Gasteiger partial charge in [0.15, 0.2) is 0 Å². The van der Waals surface area contributed by atoms with Crippen molar-refractivity contribution in [3.63, 3.8) is 0 Å². The fourth-order valence-electron chi connectivity index (χ4n) is 1.18. The standard InChI is InChI=1S/C10H17N3O3S2.ClH/c1-8(11)10(14)12-5-6-13(2)18(15,16)9-4-3-7-17-9;/h3-4,7-8H,5-6,11H2,1-2H3,(H,12,14);1H. The lowest BCUT2D eigenvalue weighted by Crippen LogP contribution is -2.42. The molecule has 110 valence electrons. The highest BCUT2D eigenvalue weighted by atomic mass is 35.5. The van der Waals surface area contributed by atoms with Gasteiger partial charge in [0.05, 0.1) is 6.04 Å². The monoisotopic (exact) mass is 327 g/mol. The van der Waals surface area contributed by atoms with Gasteiger partial charge in [0, 0.05) is 20.1 Å². The Morgan fingerprint density at radius 2 is 2.21 bits per heavy atom. The lowest BCUT2D eigenvalue weighted by Gasteiger charge is -2.16. The van der Waals surface area contributed by atoms with E-state index >= 15 is 0 Å². The third kappa shape index (κ3) is 5.07. The topological polar surface area (TPSA) is 92.5 Å². The molecule has 0 radical (unpaired) electrons. The van der Waals surface area contributed by atoms with E-state index in [4.69, 9.17) is 5.73 Å². The van der Waals surface area contributed by atoms with Crippen molar-refractivity contribution >= 4 is 39.7 Å². The second kappa shape index (κ2) is 7.81. The number of nitrogens with two attached hydrogens (primary N) is 1. The van der Waals surface area contributed by atoms with Gasteiger partial charge < -0.3 is 11.1 Å². The van der Waals surface area contributed by atoms with Gasteiger partial charge in [0.1, 0.15) is 4.21 Å². The summed E-state index contributed by atoms with van der Waals surface area (Å²) in [7, 11) is -1.97. The molecule has 1 amide bonds. The summed E-state index contributed by atoms with van der Waals surface area (Å²) in [5, 5.41) is 4.27. The van der Waals surface area contributed by atoms with Gasteiger partial charge >= 0.3 is 0 Å². The first kappa shape index (κ1) is 18.3. The Balaban J connectivity index is 0.00000324. The number of thiophene rings is 1. The van der Waals surface area contributed by atoms with E-state index in [0.717, 1.165) is 0 Å². The largest absolute Gasteiger partial charge is 0.353 e. The minimum Gasteiger partial charge on any atom is -0.353 e. The zero-order valence-electron chi connectivity index (χ0n) is 10.7. The molecule has 9 heteroatoms. The van der Waals surface area contributed by atoms with Crippen LogP contribution in [-0.4, -0.2) is 44.8 Å². The Morgan fingerprint density at radius 3 is 2.68 bits per heavy atom. The highest BCUT2D eigenvalue weighted by Crippen LogP contribution is 2.19. The van der Waals surface area contributed by atoms with E-state index in [-0.39, 0.29) is 31.4 Å². The molecular weight excluding hydrogens is 310 g/mol. The first-order valence-corrected chi connectivity index (χ1v) is 7.71. The molecule has 0 aliphatic rings. The Bertz CT molecular complexity index is 488. The van der Waals surface area contributed by atoms with E-state index in [1.54, 1.807) is 24.4 Å². The van der Waals surface area contributed by atoms with Crippen molar-refractivity contribution in [2.75, 3.05) is 20.1 Å². The first-order valence-electron chi connectivity index (χ1n) is 5.39. The third-order valence-corrected chi connectivity index (χ3v) is 5.53. The Hall–Kier alpha value is -0.670. The molecule has 0 saturated heterocycles. The highest BCUT2D eigenvalue weighted by Gasteiger charge is 2.21. The molecule has 0 aliphatic heterocycles. The van der Waals surface area contributed by atoms with E-state index in [0.29, 0.717) is 4.21 Å². The molecule has 19 heavy (non-hydrogen) atoms. The van der Waals surface area contributed by atoms with E-state index < -0.39 is 16.1 Å². The average molecular weight is 328 g/mol. The molecule has 0 aliphatic carbocycles. The molecule has 0 fully saturated rings. The molecule has 3 N–H and O–H groups in total. The van der Waals surface area contributed by atoms with Crippen molar-refractivity contribution < 1.29 is 13.2 Å². The maximum absolute atomic E-state index is 12.0. The highest BCUT2D eigenvalue weighted by molar-refractivity contribution is 7.91. The van der Waals surface area contributed by atoms with Gasteiger partial charge in [-0.15, -0.1) is 23.7 Å². The van der Waals surface area contributed by atoms with Crippen LogP contribution >= 0.6 is 23.7 Å². The number of nitrogens with one attached hydrogen (secondary N) is 1. The first-order chi connectivity index (χ1) is 8.35.